The normalized spacial score (nSPS) is 25.4. The van der Waals surface area contributed by atoms with Gasteiger partial charge in [0.1, 0.15) is 0 Å². The highest BCUT2D eigenvalue weighted by Crippen LogP contribution is 2.25. The van der Waals surface area contributed by atoms with E-state index in [0.29, 0.717) is 6.10 Å². The molecule has 0 radical (unpaired) electrons. The molecule has 0 aromatic carbocycles. The molecule has 1 N–H and O–H groups in total. The second-order valence-electron chi connectivity index (χ2n) is 6.07. The molecule has 1 fully saturated rings. The lowest BCUT2D eigenvalue weighted by Crippen LogP contribution is -2.23. The highest BCUT2D eigenvalue weighted by Gasteiger charge is 2.18. The predicted molar refractivity (Wildman–Crippen MR) is 74.3 cm³/mol. The first-order chi connectivity index (χ1) is 8.18. The molecule has 17 heavy (non-hydrogen) atoms. The zero-order valence-corrected chi connectivity index (χ0v) is 12.0. The van der Waals surface area contributed by atoms with Crippen LogP contribution in [-0.2, 0) is 4.74 Å². The molecule has 1 aliphatic rings. The standard InChI is InChI=1S/C15H31NO/c1-13(2)12-16-9-4-5-10-17-15-8-6-7-14(3)11-15/h13-16H,4-12H2,1-3H3. The van der Waals surface area contributed by atoms with E-state index in [0.717, 1.165) is 31.5 Å². The van der Waals surface area contributed by atoms with Crippen molar-refractivity contribution in [2.45, 2.75) is 65.4 Å². The minimum absolute atomic E-state index is 0.558. The summed E-state index contributed by atoms with van der Waals surface area (Å²) in [6.07, 6.45) is 8.34. The zero-order valence-electron chi connectivity index (χ0n) is 12.0. The van der Waals surface area contributed by atoms with Crippen LogP contribution in [0.25, 0.3) is 0 Å². The molecular weight excluding hydrogens is 210 g/mol. The van der Waals surface area contributed by atoms with Crippen LogP contribution in [0.2, 0.25) is 0 Å². The van der Waals surface area contributed by atoms with Crippen molar-refractivity contribution < 1.29 is 4.74 Å². The van der Waals surface area contributed by atoms with Gasteiger partial charge in [-0.1, -0.05) is 33.6 Å². The van der Waals surface area contributed by atoms with Crippen LogP contribution < -0.4 is 5.32 Å². The van der Waals surface area contributed by atoms with E-state index < -0.39 is 0 Å². The molecule has 1 aliphatic carbocycles. The van der Waals surface area contributed by atoms with E-state index in [4.69, 9.17) is 4.74 Å². The topological polar surface area (TPSA) is 21.3 Å². The van der Waals surface area contributed by atoms with Gasteiger partial charge in [0.25, 0.3) is 0 Å². The van der Waals surface area contributed by atoms with Gasteiger partial charge >= 0.3 is 0 Å². The quantitative estimate of drug-likeness (QED) is 0.656. The zero-order chi connectivity index (χ0) is 12.5. The Balaban J connectivity index is 1.86. The largest absolute Gasteiger partial charge is 0.378 e. The molecule has 0 saturated heterocycles. The third kappa shape index (κ3) is 7.77. The van der Waals surface area contributed by atoms with Crippen LogP contribution in [0.15, 0.2) is 0 Å². The van der Waals surface area contributed by atoms with Crippen LogP contribution in [0.1, 0.15) is 59.3 Å². The van der Waals surface area contributed by atoms with Crippen LogP contribution in [0.3, 0.4) is 0 Å². The van der Waals surface area contributed by atoms with Crippen molar-refractivity contribution in [3.8, 4) is 0 Å². The van der Waals surface area contributed by atoms with Gasteiger partial charge in [-0.2, -0.15) is 0 Å². The fourth-order valence-electron chi connectivity index (χ4n) is 2.52. The molecule has 0 aromatic rings. The molecule has 0 aliphatic heterocycles. The maximum Gasteiger partial charge on any atom is 0.0577 e. The molecule has 2 unspecified atom stereocenters. The van der Waals surface area contributed by atoms with Gasteiger partial charge in [0.05, 0.1) is 6.10 Å². The molecule has 0 heterocycles. The molecular formula is C15H31NO. The summed E-state index contributed by atoms with van der Waals surface area (Å²) in [6.45, 7) is 10.1. The predicted octanol–water partition coefficient (Wildman–Crippen LogP) is 3.61. The number of hydrogen-bond acceptors (Lipinski definition) is 2. The summed E-state index contributed by atoms with van der Waals surface area (Å²) in [5.41, 5.74) is 0. The van der Waals surface area contributed by atoms with Crippen molar-refractivity contribution in [3.63, 3.8) is 0 Å². The van der Waals surface area contributed by atoms with Crippen LogP contribution in [0.5, 0.6) is 0 Å². The first-order valence-electron chi connectivity index (χ1n) is 7.50. The lowest BCUT2D eigenvalue weighted by molar-refractivity contribution is 0.0139. The minimum atomic E-state index is 0.558. The Morgan fingerprint density at radius 2 is 2.06 bits per heavy atom. The Kier molecular flexibility index (Phi) is 7.87. The number of unbranched alkanes of at least 4 members (excludes halogenated alkanes) is 1. The van der Waals surface area contributed by atoms with Crippen molar-refractivity contribution in [1.82, 2.24) is 5.32 Å². The molecule has 0 amide bonds. The van der Waals surface area contributed by atoms with E-state index in [1.54, 1.807) is 0 Å². The minimum Gasteiger partial charge on any atom is -0.378 e. The maximum atomic E-state index is 5.95. The van der Waals surface area contributed by atoms with Crippen molar-refractivity contribution >= 4 is 0 Å². The average Bonchev–Trinajstić information content (AvgIpc) is 2.27. The van der Waals surface area contributed by atoms with Gasteiger partial charge in [0.15, 0.2) is 0 Å². The molecule has 2 nitrogen and oxygen atoms in total. The molecule has 102 valence electrons. The summed E-state index contributed by atoms with van der Waals surface area (Å²) in [7, 11) is 0. The fourth-order valence-corrected chi connectivity index (χ4v) is 2.52. The summed E-state index contributed by atoms with van der Waals surface area (Å²) in [5, 5.41) is 3.47. The summed E-state index contributed by atoms with van der Waals surface area (Å²) >= 11 is 0. The highest BCUT2D eigenvalue weighted by atomic mass is 16.5. The van der Waals surface area contributed by atoms with Crippen LogP contribution in [-0.4, -0.2) is 25.8 Å². The second kappa shape index (κ2) is 8.93. The summed E-state index contributed by atoms with van der Waals surface area (Å²) in [5.74, 6) is 1.64. The fraction of sp³-hybridized carbons (Fsp3) is 1.00. The second-order valence-corrected chi connectivity index (χ2v) is 6.07. The van der Waals surface area contributed by atoms with Gasteiger partial charge in [0.2, 0.25) is 0 Å². The first kappa shape index (κ1) is 15.0. The summed E-state index contributed by atoms with van der Waals surface area (Å²) in [4.78, 5) is 0. The SMILES string of the molecule is CC(C)CNCCCCOC1CCCC(C)C1. The highest BCUT2D eigenvalue weighted by molar-refractivity contribution is 4.70. The Hall–Kier alpha value is -0.0800. The monoisotopic (exact) mass is 241 g/mol. The lowest BCUT2D eigenvalue weighted by Gasteiger charge is -2.26. The molecule has 1 saturated carbocycles. The molecule has 0 bridgehead atoms. The van der Waals surface area contributed by atoms with Gasteiger partial charge in [-0.15, -0.1) is 0 Å². The van der Waals surface area contributed by atoms with E-state index >= 15 is 0 Å². The molecule has 2 heteroatoms. The average molecular weight is 241 g/mol. The number of rotatable bonds is 8. The Labute approximate surface area is 108 Å². The Bertz CT molecular complexity index is 182. The van der Waals surface area contributed by atoms with Crippen molar-refractivity contribution in [3.05, 3.63) is 0 Å². The van der Waals surface area contributed by atoms with Crippen LogP contribution in [0.4, 0.5) is 0 Å². The van der Waals surface area contributed by atoms with E-state index in [-0.39, 0.29) is 0 Å². The Morgan fingerprint density at radius 1 is 1.24 bits per heavy atom. The van der Waals surface area contributed by atoms with Gasteiger partial charge in [-0.05, 0) is 50.6 Å². The smallest absolute Gasteiger partial charge is 0.0577 e. The molecule has 2 atom stereocenters. The van der Waals surface area contributed by atoms with E-state index in [9.17, 15) is 0 Å². The van der Waals surface area contributed by atoms with Crippen molar-refractivity contribution in [1.29, 1.82) is 0 Å². The maximum absolute atomic E-state index is 5.95. The van der Waals surface area contributed by atoms with Gasteiger partial charge in [-0.25, -0.2) is 0 Å². The van der Waals surface area contributed by atoms with Gasteiger partial charge < -0.3 is 10.1 Å². The number of hydrogen-bond donors (Lipinski definition) is 1. The van der Waals surface area contributed by atoms with E-state index in [1.165, 1.54) is 38.5 Å². The van der Waals surface area contributed by atoms with Gasteiger partial charge in [-0.3, -0.25) is 0 Å². The Morgan fingerprint density at radius 3 is 2.76 bits per heavy atom. The van der Waals surface area contributed by atoms with Crippen molar-refractivity contribution in [2.75, 3.05) is 19.7 Å². The lowest BCUT2D eigenvalue weighted by atomic mass is 9.89. The molecule has 1 rings (SSSR count). The number of nitrogens with one attached hydrogen (secondary N) is 1. The van der Waals surface area contributed by atoms with Gasteiger partial charge in [0, 0.05) is 6.61 Å². The molecule has 0 aromatic heterocycles. The van der Waals surface area contributed by atoms with Crippen molar-refractivity contribution in [2.24, 2.45) is 11.8 Å². The van der Waals surface area contributed by atoms with E-state index in [1.807, 2.05) is 0 Å². The van der Waals surface area contributed by atoms with Crippen LogP contribution >= 0.6 is 0 Å². The first-order valence-corrected chi connectivity index (χ1v) is 7.50. The third-order valence-corrected chi connectivity index (χ3v) is 3.54. The summed E-state index contributed by atoms with van der Waals surface area (Å²) in [6, 6.07) is 0. The van der Waals surface area contributed by atoms with Crippen LogP contribution in [0, 0.1) is 11.8 Å². The number of ether oxygens (including phenoxy) is 1. The third-order valence-electron chi connectivity index (χ3n) is 3.54. The van der Waals surface area contributed by atoms with E-state index in [2.05, 4.69) is 26.1 Å². The molecule has 0 spiro atoms. The summed E-state index contributed by atoms with van der Waals surface area (Å²) < 4.78 is 5.95.